The molecule has 0 aromatic heterocycles. The average Bonchev–Trinajstić information content (AvgIpc) is 2.40. The lowest BCUT2D eigenvalue weighted by molar-refractivity contribution is -0.141. The highest BCUT2D eigenvalue weighted by molar-refractivity contribution is 5.94. The Kier molecular flexibility index (Phi) is 3.77. The smallest absolute Gasteiger partial charge is 0.247 e. The molecule has 0 unspecified atom stereocenters. The fourth-order valence-electron chi connectivity index (χ4n) is 1.78. The highest BCUT2D eigenvalue weighted by atomic mass is 16.2. The SMILES string of the molecule is CN1CCN(C(=O)C=Cc2ccccc2)CC1=O. The van der Waals surface area contributed by atoms with Crippen molar-refractivity contribution in [2.24, 2.45) is 0 Å². The van der Waals surface area contributed by atoms with E-state index in [0.29, 0.717) is 13.1 Å². The van der Waals surface area contributed by atoms with Crippen molar-refractivity contribution in [1.29, 1.82) is 0 Å². The Bertz CT molecular complexity index is 468. The van der Waals surface area contributed by atoms with Gasteiger partial charge in [0.25, 0.3) is 0 Å². The first kappa shape index (κ1) is 12.4. The third-order valence-electron chi connectivity index (χ3n) is 2.99. The van der Waals surface area contributed by atoms with Gasteiger partial charge in [0.05, 0.1) is 0 Å². The number of hydrogen-bond acceptors (Lipinski definition) is 2. The van der Waals surface area contributed by atoms with Crippen molar-refractivity contribution >= 4 is 17.9 Å². The Morgan fingerprint density at radius 1 is 1.22 bits per heavy atom. The molecule has 1 aliphatic rings. The summed E-state index contributed by atoms with van der Waals surface area (Å²) < 4.78 is 0. The lowest BCUT2D eigenvalue weighted by Crippen LogP contribution is -2.50. The molecule has 4 nitrogen and oxygen atoms in total. The molecule has 1 aromatic carbocycles. The molecule has 0 aliphatic carbocycles. The van der Waals surface area contributed by atoms with E-state index < -0.39 is 0 Å². The molecule has 18 heavy (non-hydrogen) atoms. The van der Waals surface area contributed by atoms with Gasteiger partial charge in [-0.05, 0) is 11.6 Å². The minimum Gasteiger partial charge on any atom is -0.342 e. The van der Waals surface area contributed by atoms with E-state index in [1.807, 2.05) is 30.3 Å². The van der Waals surface area contributed by atoms with Gasteiger partial charge in [-0.1, -0.05) is 30.3 Å². The van der Waals surface area contributed by atoms with E-state index >= 15 is 0 Å². The quantitative estimate of drug-likeness (QED) is 0.728. The van der Waals surface area contributed by atoms with Crippen LogP contribution < -0.4 is 0 Å². The molecule has 1 aromatic rings. The van der Waals surface area contributed by atoms with Gasteiger partial charge in [-0.3, -0.25) is 9.59 Å². The molecule has 0 N–H and O–H groups in total. The van der Waals surface area contributed by atoms with E-state index in [1.54, 1.807) is 22.9 Å². The Hall–Kier alpha value is -2.10. The molecule has 0 radical (unpaired) electrons. The zero-order chi connectivity index (χ0) is 13.0. The van der Waals surface area contributed by atoms with Crippen LogP contribution >= 0.6 is 0 Å². The molecule has 0 atom stereocenters. The van der Waals surface area contributed by atoms with Crippen LogP contribution in [-0.2, 0) is 9.59 Å². The molecule has 1 fully saturated rings. The second kappa shape index (κ2) is 5.49. The van der Waals surface area contributed by atoms with E-state index in [2.05, 4.69) is 0 Å². The Balaban J connectivity index is 1.96. The monoisotopic (exact) mass is 244 g/mol. The Morgan fingerprint density at radius 3 is 2.61 bits per heavy atom. The predicted molar refractivity (Wildman–Crippen MR) is 69.7 cm³/mol. The van der Waals surface area contributed by atoms with Crippen LogP contribution in [0.4, 0.5) is 0 Å². The number of carbonyl (C=O) groups excluding carboxylic acids is 2. The first-order valence-corrected chi connectivity index (χ1v) is 5.93. The van der Waals surface area contributed by atoms with Crippen molar-refractivity contribution < 1.29 is 9.59 Å². The largest absolute Gasteiger partial charge is 0.342 e. The first-order valence-electron chi connectivity index (χ1n) is 5.93. The number of nitrogens with zero attached hydrogens (tertiary/aromatic N) is 2. The number of likely N-dealkylation sites (N-methyl/N-ethyl adjacent to an activating group) is 1. The van der Waals surface area contributed by atoms with Crippen LogP contribution in [0.3, 0.4) is 0 Å². The molecule has 2 rings (SSSR count). The van der Waals surface area contributed by atoms with Gasteiger partial charge in [-0.15, -0.1) is 0 Å². The topological polar surface area (TPSA) is 40.6 Å². The summed E-state index contributed by atoms with van der Waals surface area (Å²) in [4.78, 5) is 26.6. The van der Waals surface area contributed by atoms with Gasteiger partial charge in [0.2, 0.25) is 11.8 Å². The van der Waals surface area contributed by atoms with E-state index in [-0.39, 0.29) is 18.4 Å². The summed E-state index contributed by atoms with van der Waals surface area (Å²) in [6.07, 6.45) is 3.29. The van der Waals surface area contributed by atoms with Crippen LogP contribution in [0.1, 0.15) is 5.56 Å². The van der Waals surface area contributed by atoms with Crippen LogP contribution in [0.5, 0.6) is 0 Å². The summed E-state index contributed by atoms with van der Waals surface area (Å²) in [6.45, 7) is 1.37. The molecule has 1 heterocycles. The van der Waals surface area contributed by atoms with E-state index in [4.69, 9.17) is 0 Å². The highest BCUT2D eigenvalue weighted by Crippen LogP contribution is 2.05. The minimum absolute atomic E-state index is 0.0114. The summed E-state index contributed by atoms with van der Waals surface area (Å²) in [5.41, 5.74) is 0.978. The molecule has 0 spiro atoms. The maximum atomic E-state index is 11.9. The molecular formula is C14H16N2O2. The van der Waals surface area contributed by atoms with Gasteiger partial charge in [-0.2, -0.15) is 0 Å². The van der Waals surface area contributed by atoms with Crippen LogP contribution in [0, 0.1) is 0 Å². The summed E-state index contributed by atoms with van der Waals surface area (Å²) in [5, 5.41) is 0. The average molecular weight is 244 g/mol. The standard InChI is InChI=1S/C14H16N2O2/c1-15-9-10-16(11-14(15)18)13(17)8-7-12-5-3-2-4-6-12/h2-8H,9-11H2,1H3. The summed E-state index contributed by atoms with van der Waals surface area (Å²) in [6, 6.07) is 9.63. The van der Waals surface area contributed by atoms with Crippen LogP contribution in [-0.4, -0.2) is 48.3 Å². The second-order valence-electron chi connectivity index (χ2n) is 4.32. The van der Waals surface area contributed by atoms with Gasteiger partial charge in [0.15, 0.2) is 0 Å². The van der Waals surface area contributed by atoms with Crippen molar-refractivity contribution in [3.8, 4) is 0 Å². The molecule has 1 saturated heterocycles. The normalized spacial score (nSPS) is 16.4. The molecule has 2 amide bonds. The summed E-state index contributed by atoms with van der Waals surface area (Å²) in [7, 11) is 1.75. The van der Waals surface area contributed by atoms with Crippen LogP contribution in [0.15, 0.2) is 36.4 Å². The Labute approximate surface area is 106 Å². The van der Waals surface area contributed by atoms with Crippen molar-refractivity contribution in [2.75, 3.05) is 26.7 Å². The van der Waals surface area contributed by atoms with Crippen molar-refractivity contribution in [3.63, 3.8) is 0 Å². The van der Waals surface area contributed by atoms with Crippen molar-refractivity contribution in [3.05, 3.63) is 42.0 Å². The number of piperazine rings is 1. The molecular weight excluding hydrogens is 228 g/mol. The fourth-order valence-corrected chi connectivity index (χ4v) is 1.78. The third-order valence-corrected chi connectivity index (χ3v) is 2.99. The maximum absolute atomic E-state index is 11.9. The van der Waals surface area contributed by atoms with Crippen LogP contribution in [0.2, 0.25) is 0 Å². The van der Waals surface area contributed by atoms with Gasteiger partial charge in [0.1, 0.15) is 6.54 Å². The van der Waals surface area contributed by atoms with Gasteiger partial charge in [0, 0.05) is 26.2 Å². The van der Waals surface area contributed by atoms with Crippen LogP contribution in [0.25, 0.3) is 6.08 Å². The number of rotatable bonds is 2. The lowest BCUT2D eigenvalue weighted by Gasteiger charge is -2.31. The predicted octanol–water partition coefficient (Wildman–Crippen LogP) is 1.00. The molecule has 0 saturated carbocycles. The van der Waals surface area contributed by atoms with E-state index in [0.717, 1.165) is 5.56 Å². The fraction of sp³-hybridized carbons (Fsp3) is 0.286. The lowest BCUT2D eigenvalue weighted by atomic mass is 10.2. The molecule has 0 bridgehead atoms. The van der Waals surface area contributed by atoms with E-state index in [1.165, 1.54) is 6.08 Å². The Morgan fingerprint density at radius 2 is 1.94 bits per heavy atom. The zero-order valence-electron chi connectivity index (χ0n) is 10.4. The number of amides is 2. The van der Waals surface area contributed by atoms with Crippen molar-refractivity contribution in [2.45, 2.75) is 0 Å². The number of hydrogen-bond donors (Lipinski definition) is 0. The first-order chi connectivity index (χ1) is 8.66. The highest BCUT2D eigenvalue weighted by Gasteiger charge is 2.23. The molecule has 1 aliphatic heterocycles. The second-order valence-corrected chi connectivity index (χ2v) is 4.32. The summed E-state index contributed by atoms with van der Waals surface area (Å²) in [5.74, 6) is -0.122. The van der Waals surface area contributed by atoms with Gasteiger partial charge >= 0.3 is 0 Å². The zero-order valence-corrected chi connectivity index (χ0v) is 10.4. The number of benzene rings is 1. The van der Waals surface area contributed by atoms with Gasteiger partial charge in [-0.25, -0.2) is 0 Å². The van der Waals surface area contributed by atoms with E-state index in [9.17, 15) is 9.59 Å². The van der Waals surface area contributed by atoms with Gasteiger partial charge < -0.3 is 9.80 Å². The molecule has 4 heteroatoms. The van der Waals surface area contributed by atoms with Crippen molar-refractivity contribution in [1.82, 2.24) is 9.80 Å². The minimum atomic E-state index is -0.111. The number of carbonyl (C=O) groups is 2. The molecule has 94 valence electrons. The third kappa shape index (κ3) is 2.97. The summed E-state index contributed by atoms with van der Waals surface area (Å²) >= 11 is 0. The maximum Gasteiger partial charge on any atom is 0.247 e.